The van der Waals surface area contributed by atoms with E-state index >= 15 is 0 Å². The van der Waals surface area contributed by atoms with Gasteiger partial charge in [-0.15, -0.1) is 0 Å². The van der Waals surface area contributed by atoms with E-state index in [0.29, 0.717) is 6.42 Å². The smallest absolute Gasteiger partial charge is 0.291 e. The first-order chi connectivity index (χ1) is 9.08. The van der Waals surface area contributed by atoms with Gasteiger partial charge in [0.05, 0.1) is 6.67 Å². The molecule has 1 atom stereocenters. The fourth-order valence-electron chi connectivity index (χ4n) is 1.01. The number of alkyl halides is 10. The van der Waals surface area contributed by atoms with Crippen LogP contribution in [0.25, 0.3) is 0 Å². The van der Waals surface area contributed by atoms with Gasteiger partial charge in [0.15, 0.2) is 0 Å². The molecule has 23 heavy (non-hydrogen) atoms. The lowest BCUT2D eigenvalue weighted by atomic mass is 10.2. The molecule has 0 spiro atoms. The van der Waals surface area contributed by atoms with Crippen molar-refractivity contribution in [2.45, 2.75) is 65.2 Å². The molecule has 0 N–H and O–H groups in total. The maximum absolute atomic E-state index is 12.8. The van der Waals surface area contributed by atoms with Gasteiger partial charge < -0.3 is 0 Å². The summed E-state index contributed by atoms with van der Waals surface area (Å²) in [5.74, 6) is -10.2. The number of halogens is 10. The van der Waals surface area contributed by atoms with E-state index in [9.17, 15) is 43.9 Å². The van der Waals surface area contributed by atoms with Gasteiger partial charge in [0.2, 0.25) is 0 Å². The van der Waals surface area contributed by atoms with E-state index in [2.05, 4.69) is 9.47 Å². The predicted molar refractivity (Wildman–Crippen MR) is 61.2 cm³/mol. The highest BCUT2D eigenvalue weighted by Crippen LogP contribution is 2.58. The Morgan fingerprint density at radius 3 is 1.22 bits per heavy atom. The molecule has 12 heteroatoms. The summed E-state index contributed by atoms with van der Waals surface area (Å²) < 4.78 is 127. The Kier molecular flexibility index (Phi) is 9.26. The molecule has 0 bridgehead atoms. The third kappa shape index (κ3) is 5.10. The molecule has 1 unspecified atom stereocenters. The molecule has 0 aromatic carbocycles. The van der Waals surface area contributed by atoms with E-state index in [1.165, 1.54) is 0 Å². The molecule has 0 saturated carbocycles. The molecule has 1 fully saturated rings. The molecule has 0 amide bonds. The molecule has 1 aliphatic heterocycles. The summed E-state index contributed by atoms with van der Waals surface area (Å²) in [5.41, 5.74) is 0. The molecule has 1 saturated heterocycles. The summed E-state index contributed by atoms with van der Waals surface area (Å²) in [5, 5.41) is 0. The number of rotatable bonds is 1. The SMILES string of the molecule is C.C.CC1(F)OC(C(F)(F)F)(C(F)(F)F)OC1(F)F.CCCF. The fourth-order valence-corrected chi connectivity index (χ4v) is 1.01. The van der Waals surface area contributed by atoms with E-state index in [0.717, 1.165) is 0 Å². The Bertz CT molecular complexity index is 314. The maximum Gasteiger partial charge on any atom is 0.453 e. The molecule has 1 heterocycles. The van der Waals surface area contributed by atoms with Crippen LogP contribution >= 0.6 is 0 Å². The van der Waals surface area contributed by atoms with Crippen molar-refractivity contribution in [1.29, 1.82) is 0 Å². The van der Waals surface area contributed by atoms with Gasteiger partial charge in [-0.05, 0) is 6.42 Å². The van der Waals surface area contributed by atoms with Gasteiger partial charge >= 0.3 is 30.1 Å². The van der Waals surface area contributed by atoms with Crippen LogP contribution in [0.5, 0.6) is 0 Å². The van der Waals surface area contributed by atoms with Crippen LogP contribution in [0.1, 0.15) is 35.1 Å². The Morgan fingerprint density at radius 1 is 0.826 bits per heavy atom. The molecule has 1 rings (SSSR count). The van der Waals surface area contributed by atoms with Crippen molar-refractivity contribution in [2.24, 2.45) is 0 Å². The van der Waals surface area contributed by atoms with Crippen LogP contribution < -0.4 is 0 Å². The Balaban J connectivity index is -0.000000598. The molecular formula is C11H18F10O2. The molecule has 0 aromatic rings. The van der Waals surface area contributed by atoms with Gasteiger partial charge in [0, 0.05) is 6.92 Å². The Labute approximate surface area is 126 Å². The third-order valence-corrected chi connectivity index (χ3v) is 2.06. The summed E-state index contributed by atoms with van der Waals surface area (Å²) in [6.45, 7) is 1.33. The van der Waals surface area contributed by atoms with E-state index in [1.807, 2.05) is 0 Å². The number of ether oxygens (including phenoxy) is 2. The zero-order valence-electron chi connectivity index (χ0n) is 10.5. The molecule has 0 aromatic heterocycles. The van der Waals surface area contributed by atoms with Gasteiger partial charge in [-0.2, -0.15) is 35.1 Å². The molecule has 0 radical (unpaired) electrons. The summed E-state index contributed by atoms with van der Waals surface area (Å²) in [6, 6.07) is 0. The van der Waals surface area contributed by atoms with Crippen LogP contribution in [-0.2, 0) is 9.47 Å². The number of hydrogen-bond acceptors (Lipinski definition) is 2. The predicted octanol–water partition coefficient (Wildman–Crippen LogP) is 5.77. The minimum absolute atomic E-state index is 0. The van der Waals surface area contributed by atoms with Crippen molar-refractivity contribution < 1.29 is 53.4 Å². The summed E-state index contributed by atoms with van der Waals surface area (Å²) in [7, 11) is 0. The van der Waals surface area contributed by atoms with Crippen molar-refractivity contribution in [3.05, 3.63) is 0 Å². The van der Waals surface area contributed by atoms with Crippen LogP contribution in [0.4, 0.5) is 43.9 Å². The van der Waals surface area contributed by atoms with Crippen molar-refractivity contribution in [3.8, 4) is 0 Å². The van der Waals surface area contributed by atoms with Gasteiger partial charge in [0.1, 0.15) is 0 Å². The van der Waals surface area contributed by atoms with Gasteiger partial charge in [0.25, 0.3) is 0 Å². The minimum Gasteiger partial charge on any atom is -0.291 e. The zero-order valence-corrected chi connectivity index (χ0v) is 10.5. The molecular weight excluding hydrogens is 354 g/mol. The van der Waals surface area contributed by atoms with Crippen LogP contribution in [0.3, 0.4) is 0 Å². The quantitative estimate of drug-likeness (QED) is 0.544. The van der Waals surface area contributed by atoms with E-state index in [1.54, 1.807) is 6.92 Å². The summed E-state index contributed by atoms with van der Waals surface area (Å²) >= 11 is 0. The van der Waals surface area contributed by atoms with Gasteiger partial charge in [-0.25, -0.2) is 4.39 Å². The van der Waals surface area contributed by atoms with E-state index in [4.69, 9.17) is 0 Å². The molecule has 144 valence electrons. The Hall–Kier alpha value is -0.780. The van der Waals surface area contributed by atoms with Gasteiger partial charge in [-0.1, -0.05) is 21.8 Å². The molecule has 2 nitrogen and oxygen atoms in total. The van der Waals surface area contributed by atoms with Crippen LogP contribution in [-0.4, -0.2) is 36.8 Å². The van der Waals surface area contributed by atoms with E-state index in [-0.39, 0.29) is 28.5 Å². The first-order valence-corrected chi connectivity index (χ1v) is 5.24. The molecule has 1 aliphatic rings. The lowest BCUT2D eigenvalue weighted by molar-refractivity contribution is -0.463. The largest absolute Gasteiger partial charge is 0.453 e. The fraction of sp³-hybridized carbons (Fsp3) is 1.00. The first kappa shape index (κ1) is 27.1. The lowest BCUT2D eigenvalue weighted by Crippen LogP contribution is -2.58. The lowest BCUT2D eigenvalue weighted by Gasteiger charge is -2.30. The van der Waals surface area contributed by atoms with Gasteiger partial charge in [-0.3, -0.25) is 13.9 Å². The highest BCUT2D eigenvalue weighted by molar-refractivity contribution is 4.97. The maximum atomic E-state index is 12.8. The second kappa shape index (κ2) is 7.86. The summed E-state index contributed by atoms with van der Waals surface area (Å²) in [6.07, 6.45) is -17.6. The highest BCUT2D eigenvalue weighted by Gasteiger charge is 2.86. The minimum atomic E-state index is -6.42. The topological polar surface area (TPSA) is 18.5 Å². The monoisotopic (exact) mass is 372 g/mol. The van der Waals surface area contributed by atoms with Crippen LogP contribution in [0.15, 0.2) is 0 Å². The standard InChI is InChI=1S/C6H3F9O2.C3H7F.2CH4/c1-2(7)6(14,15)17-3(16-2,4(8,9)10)5(11,12)13;1-2-3-4;;/h1H3;2-3H2,1H3;2*1H4. The second-order valence-corrected chi connectivity index (χ2v) is 3.94. The van der Waals surface area contributed by atoms with Crippen LogP contribution in [0.2, 0.25) is 0 Å². The molecule has 0 aliphatic carbocycles. The Morgan fingerprint density at radius 2 is 1.13 bits per heavy atom. The summed E-state index contributed by atoms with van der Waals surface area (Å²) in [4.78, 5) is 0. The zero-order chi connectivity index (χ0) is 17.3. The van der Waals surface area contributed by atoms with E-state index < -0.39 is 30.1 Å². The number of hydrogen-bond donors (Lipinski definition) is 0. The van der Waals surface area contributed by atoms with Crippen molar-refractivity contribution >= 4 is 0 Å². The third-order valence-electron chi connectivity index (χ3n) is 2.06. The normalized spacial score (nSPS) is 25.6. The average Bonchev–Trinajstić information content (AvgIpc) is 2.45. The van der Waals surface area contributed by atoms with Crippen molar-refractivity contribution in [3.63, 3.8) is 0 Å². The highest BCUT2D eigenvalue weighted by atomic mass is 19.4. The average molecular weight is 372 g/mol. The first-order valence-electron chi connectivity index (χ1n) is 5.24. The van der Waals surface area contributed by atoms with Crippen molar-refractivity contribution in [1.82, 2.24) is 0 Å². The second-order valence-electron chi connectivity index (χ2n) is 3.94. The van der Waals surface area contributed by atoms with Crippen molar-refractivity contribution in [2.75, 3.05) is 6.67 Å². The van der Waals surface area contributed by atoms with Crippen LogP contribution in [0, 0.1) is 0 Å².